The van der Waals surface area contributed by atoms with E-state index in [1.807, 2.05) is 36.4 Å². The highest BCUT2D eigenvalue weighted by atomic mass is 16.2. The number of H-pyrrole nitrogens is 1. The second-order valence-electron chi connectivity index (χ2n) is 8.75. The van der Waals surface area contributed by atoms with Crippen LogP contribution in [0.1, 0.15) is 67.0 Å². The van der Waals surface area contributed by atoms with Crippen LogP contribution in [-0.2, 0) is 4.79 Å². The van der Waals surface area contributed by atoms with Gasteiger partial charge in [-0.25, -0.2) is 0 Å². The van der Waals surface area contributed by atoms with E-state index in [-0.39, 0.29) is 23.8 Å². The molecule has 0 atom stereocenters. The zero-order valence-corrected chi connectivity index (χ0v) is 17.4. The average molecular weight is 418 g/mol. The molecule has 0 radical (unpaired) electrons. The minimum atomic E-state index is -0.134. The van der Waals surface area contributed by atoms with Gasteiger partial charge in [-0.1, -0.05) is 43.5 Å². The molecule has 160 valence electrons. The van der Waals surface area contributed by atoms with Gasteiger partial charge < -0.3 is 10.6 Å². The molecule has 3 aromatic rings. The molecule has 0 bridgehead atoms. The summed E-state index contributed by atoms with van der Waals surface area (Å²) in [6.45, 7) is 0. The standard InChI is InChI=1S/C24H27N5O2/c30-23(16-7-2-1-3-8-16)27-21-14-20(28-29-21)17-12-18(13-17)26-24(31)22-19-9-5-4-6-15(19)10-11-25-22/h4-6,9-11,14,16-18H,1-3,7-8,12-13H2,(H,26,31)(H2,27,28,29,30). The van der Waals surface area contributed by atoms with Gasteiger partial charge in [-0.2, -0.15) is 5.10 Å². The third-order valence-corrected chi connectivity index (χ3v) is 6.63. The Morgan fingerprint density at radius 2 is 1.84 bits per heavy atom. The fraction of sp³-hybridized carbons (Fsp3) is 0.417. The Balaban J connectivity index is 1.15. The van der Waals surface area contributed by atoms with Crippen LogP contribution in [0.4, 0.5) is 5.82 Å². The van der Waals surface area contributed by atoms with Gasteiger partial charge in [0.1, 0.15) is 5.69 Å². The summed E-state index contributed by atoms with van der Waals surface area (Å²) in [6, 6.07) is 11.7. The molecule has 0 unspecified atom stereocenters. The molecule has 7 heteroatoms. The molecule has 2 heterocycles. The van der Waals surface area contributed by atoms with Crippen molar-refractivity contribution in [3.05, 3.63) is 54.0 Å². The van der Waals surface area contributed by atoms with Crippen LogP contribution in [0.5, 0.6) is 0 Å². The second-order valence-corrected chi connectivity index (χ2v) is 8.75. The number of fused-ring (bicyclic) bond motifs is 1. The number of nitrogens with one attached hydrogen (secondary N) is 3. The van der Waals surface area contributed by atoms with Crippen molar-refractivity contribution in [1.82, 2.24) is 20.5 Å². The van der Waals surface area contributed by atoms with Crippen LogP contribution in [0.25, 0.3) is 10.8 Å². The number of hydrogen-bond donors (Lipinski definition) is 3. The van der Waals surface area contributed by atoms with Crippen molar-refractivity contribution >= 4 is 28.4 Å². The lowest BCUT2D eigenvalue weighted by Gasteiger charge is -2.35. The van der Waals surface area contributed by atoms with Crippen LogP contribution in [0, 0.1) is 5.92 Å². The number of pyridine rings is 1. The molecule has 2 aromatic heterocycles. The van der Waals surface area contributed by atoms with Gasteiger partial charge in [-0.3, -0.25) is 19.7 Å². The minimum Gasteiger partial charge on any atom is -0.348 e. The predicted molar refractivity (Wildman–Crippen MR) is 119 cm³/mol. The fourth-order valence-electron chi connectivity index (χ4n) is 4.75. The topological polar surface area (TPSA) is 99.8 Å². The van der Waals surface area contributed by atoms with Crippen LogP contribution in [0.15, 0.2) is 42.6 Å². The van der Waals surface area contributed by atoms with Crippen molar-refractivity contribution in [2.75, 3.05) is 5.32 Å². The molecule has 2 saturated carbocycles. The Hall–Kier alpha value is -3.22. The summed E-state index contributed by atoms with van der Waals surface area (Å²) in [5.74, 6) is 0.959. The van der Waals surface area contributed by atoms with Crippen LogP contribution in [-0.4, -0.2) is 33.0 Å². The van der Waals surface area contributed by atoms with E-state index in [2.05, 4.69) is 25.8 Å². The van der Waals surface area contributed by atoms with Crippen LogP contribution in [0.3, 0.4) is 0 Å². The lowest BCUT2D eigenvalue weighted by atomic mass is 9.78. The van der Waals surface area contributed by atoms with E-state index < -0.39 is 0 Å². The maximum atomic E-state index is 12.7. The number of aromatic nitrogens is 3. The first-order valence-corrected chi connectivity index (χ1v) is 11.2. The number of benzene rings is 1. The van der Waals surface area contributed by atoms with Crippen molar-refractivity contribution < 1.29 is 9.59 Å². The van der Waals surface area contributed by atoms with E-state index >= 15 is 0 Å². The Labute approximate surface area is 181 Å². The Morgan fingerprint density at radius 3 is 2.68 bits per heavy atom. The van der Waals surface area contributed by atoms with Crippen molar-refractivity contribution in [2.45, 2.75) is 56.9 Å². The molecule has 2 aliphatic carbocycles. The highest BCUT2D eigenvalue weighted by Crippen LogP contribution is 2.37. The Kier molecular flexibility index (Phi) is 5.40. The summed E-state index contributed by atoms with van der Waals surface area (Å²) in [4.78, 5) is 29.4. The number of amides is 2. The predicted octanol–water partition coefficient (Wildman–Crippen LogP) is 4.15. The maximum absolute atomic E-state index is 12.7. The third-order valence-electron chi connectivity index (χ3n) is 6.63. The Bertz CT molecular complexity index is 1090. The van der Waals surface area contributed by atoms with Crippen molar-refractivity contribution in [2.24, 2.45) is 5.92 Å². The zero-order valence-electron chi connectivity index (χ0n) is 17.4. The van der Waals surface area contributed by atoms with Crippen molar-refractivity contribution in [3.8, 4) is 0 Å². The summed E-state index contributed by atoms with van der Waals surface area (Å²) in [5, 5.41) is 15.3. The first kappa shape index (κ1) is 19.7. The molecule has 2 fully saturated rings. The fourth-order valence-corrected chi connectivity index (χ4v) is 4.75. The molecule has 0 aliphatic heterocycles. The number of carbonyl (C=O) groups is 2. The van der Waals surface area contributed by atoms with Gasteiger partial charge in [0.15, 0.2) is 5.82 Å². The number of anilines is 1. The molecular weight excluding hydrogens is 390 g/mol. The van der Waals surface area contributed by atoms with E-state index in [1.54, 1.807) is 6.20 Å². The molecule has 2 amide bonds. The van der Waals surface area contributed by atoms with Crippen LogP contribution >= 0.6 is 0 Å². The number of carbonyl (C=O) groups excluding carboxylic acids is 2. The second kappa shape index (κ2) is 8.49. The summed E-state index contributed by atoms with van der Waals surface area (Å²) in [7, 11) is 0. The molecule has 0 saturated heterocycles. The monoisotopic (exact) mass is 417 g/mol. The number of nitrogens with zero attached hydrogens (tertiary/aromatic N) is 2. The van der Waals surface area contributed by atoms with Gasteiger partial charge >= 0.3 is 0 Å². The van der Waals surface area contributed by atoms with Gasteiger partial charge in [0.2, 0.25) is 5.91 Å². The lowest BCUT2D eigenvalue weighted by Crippen LogP contribution is -2.43. The van der Waals surface area contributed by atoms with Gasteiger partial charge in [0.25, 0.3) is 5.91 Å². The molecule has 5 rings (SSSR count). The number of hydrogen-bond acceptors (Lipinski definition) is 4. The van der Waals surface area contributed by atoms with E-state index in [0.29, 0.717) is 17.4 Å². The first-order valence-electron chi connectivity index (χ1n) is 11.2. The normalized spacial score (nSPS) is 21.4. The average Bonchev–Trinajstić information content (AvgIpc) is 3.23. The largest absolute Gasteiger partial charge is 0.348 e. The van der Waals surface area contributed by atoms with E-state index in [4.69, 9.17) is 0 Å². The van der Waals surface area contributed by atoms with E-state index in [9.17, 15) is 9.59 Å². The van der Waals surface area contributed by atoms with Gasteiger partial charge in [-0.05, 0) is 37.1 Å². The maximum Gasteiger partial charge on any atom is 0.270 e. The molecular formula is C24H27N5O2. The van der Waals surface area contributed by atoms with Gasteiger partial charge in [-0.15, -0.1) is 0 Å². The van der Waals surface area contributed by atoms with E-state index in [0.717, 1.165) is 55.0 Å². The Morgan fingerprint density at radius 1 is 1.03 bits per heavy atom. The zero-order chi connectivity index (χ0) is 21.2. The quantitative estimate of drug-likeness (QED) is 0.580. The number of rotatable bonds is 5. The van der Waals surface area contributed by atoms with Gasteiger partial charge in [0, 0.05) is 41.2 Å². The SMILES string of the molecule is O=C(NC1CC(c2cc(NC(=O)C3CCCCC3)n[nH]2)C1)c1nccc2ccccc12. The van der Waals surface area contributed by atoms with Crippen molar-refractivity contribution in [3.63, 3.8) is 0 Å². The smallest absolute Gasteiger partial charge is 0.270 e. The summed E-state index contributed by atoms with van der Waals surface area (Å²) < 4.78 is 0. The van der Waals surface area contributed by atoms with Crippen LogP contribution in [0.2, 0.25) is 0 Å². The van der Waals surface area contributed by atoms with E-state index in [1.165, 1.54) is 6.42 Å². The number of aromatic amines is 1. The summed E-state index contributed by atoms with van der Waals surface area (Å²) >= 11 is 0. The molecule has 7 nitrogen and oxygen atoms in total. The minimum absolute atomic E-state index is 0.0825. The first-order chi connectivity index (χ1) is 15.2. The summed E-state index contributed by atoms with van der Waals surface area (Å²) in [6.07, 6.45) is 8.79. The highest BCUT2D eigenvalue weighted by molar-refractivity contribution is 6.05. The molecule has 2 aliphatic rings. The van der Waals surface area contributed by atoms with Crippen LogP contribution < -0.4 is 10.6 Å². The lowest BCUT2D eigenvalue weighted by molar-refractivity contribution is -0.120. The van der Waals surface area contributed by atoms with Crippen molar-refractivity contribution in [1.29, 1.82) is 0 Å². The third kappa shape index (κ3) is 4.17. The molecule has 0 spiro atoms. The molecule has 3 N–H and O–H groups in total. The molecule has 1 aromatic carbocycles. The highest BCUT2D eigenvalue weighted by Gasteiger charge is 2.33. The van der Waals surface area contributed by atoms with Gasteiger partial charge in [0.05, 0.1) is 0 Å². The summed E-state index contributed by atoms with van der Waals surface area (Å²) in [5.41, 5.74) is 1.48. The molecule has 31 heavy (non-hydrogen) atoms.